The number of anilines is 1. The van der Waals surface area contributed by atoms with E-state index in [1.54, 1.807) is 0 Å². The van der Waals surface area contributed by atoms with Crippen LogP contribution in [-0.2, 0) is 0 Å². The Morgan fingerprint density at radius 1 is 0.914 bits per heavy atom. The van der Waals surface area contributed by atoms with Crippen molar-refractivity contribution in [3.05, 3.63) is 91.7 Å². The molecule has 0 aliphatic heterocycles. The number of aromatic amines is 2. The fourth-order valence-corrected chi connectivity index (χ4v) is 4.24. The average Bonchev–Trinajstić information content (AvgIpc) is 3.53. The van der Waals surface area contributed by atoms with Crippen molar-refractivity contribution in [2.45, 2.75) is 13.3 Å². The molecular formula is C28H23N7. The summed E-state index contributed by atoms with van der Waals surface area (Å²) in [5, 5.41) is 12.9. The smallest absolute Gasteiger partial charge is 0.181 e. The second-order valence-electron chi connectivity index (χ2n) is 8.39. The van der Waals surface area contributed by atoms with Crippen LogP contribution < -0.4 is 5.32 Å². The molecule has 35 heavy (non-hydrogen) atoms. The minimum Gasteiger partial charge on any atom is -0.353 e. The van der Waals surface area contributed by atoms with Gasteiger partial charge in [0.15, 0.2) is 5.65 Å². The maximum absolute atomic E-state index is 4.59. The van der Waals surface area contributed by atoms with Crippen molar-refractivity contribution >= 4 is 27.8 Å². The minimum absolute atomic E-state index is 0.669. The SMILES string of the molecule is C=C(CC)Nc1ccc(-c2cnc3n[nH]c(-c4cc5c(-c6ccncc6)cccc5[nH]4)c3c2)cn1. The first-order valence-corrected chi connectivity index (χ1v) is 11.5. The first kappa shape index (κ1) is 20.8. The Hall–Kier alpha value is -4.78. The third kappa shape index (κ3) is 3.83. The molecule has 0 atom stereocenters. The van der Waals surface area contributed by atoms with Crippen LogP contribution in [0, 0.1) is 0 Å². The van der Waals surface area contributed by atoms with Gasteiger partial charge < -0.3 is 10.3 Å². The van der Waals surface area contributed by atoms with Gasteiger partial charge in [-0.2, -0.15) is 5.10 Å². The molecule has 6 rings (SSSR count). The number of nitrogens with zero attached hydrogens (tertiary/aromatic N) is 4. The Morgan fingerprint density at radius 2 is 1.77 bits per heavy atom. The molecule has 1 aromatic carbocycles. The lowest BCUT2D eigenvalue weighted by Crippen LogP contribution is -1.98. The molecular weight excluding hydrogens is 434 g/mol. The van der Waals surface area contributed by atoms with E-state index < -0.39 is 0 Å². The van der Waals surface area contributed by atoms with Gasteiger partial charge in [-0.15, -0.1) is 0 Å². The highest BCUT2D eigenvalue weighted by molar-refractivity contribution is 6.01. The topological polar surface area (TPSA) is 95.2 Å². The summed E-state index contributed by atoms with van der Waals surface area (Å²) < 4.78 is 0. The molecule has 3 N–H and O–H groups in total. The molecule has 0 aliphatic carbocycles. The number of hydrogen-bond acceptors (Lipinski definition) is 5. The van der Waals surface area contributed by atoms with Crippen molar-refractivity contribution in [1.29, 1.82) is 0 Å². The summed E-state index contributed by atoms with van der Waals surface area (Å²) in [5.41, 5.74) is 8.75. The lowest BCUT2D eigenvalue weighted by molar-refractivity contribution is 1.10. The second kappa shape index (κ2) is 8.53. The number of aromatic nitrogens is 6. The molecule has 6 aromatic rings. The summed E-state index contributed by atoms with van der Waals surface area (Å²) in [6.45, 7) is 6.03. The number of hydrogen-bond donors (Lipinski definition) is 3. The van der Waals surface area contributed by atoms with E-state index in [9.17, 15) is 0 Å². The van der Waals surface area contributed by atoms with Crippen molar-refractivity contribution in [2.75, 3.05) is 5.32 Å². The number of allylic oxidation sites excluding steroid dienone is 1. The van der Waals surface area contributed by atoms with E-state index in [0.717, 1.165) is 67.9 Å². The maximum Gasteiger partial charge on any atom is 0.181 e. The van der Waals surface area contributed by atoms with E-state index in [1.165, 1.54) is 0 Å². The molecule has 0 saturated carbocycles. The van der Waals surface area contributed by atoms with Gasteiger partial charge in [-0.3, -0.25) is 10.1 Å². The molecule has 0 radical (unpaired) electrons. The van der Waals surface area contributed by atoms with E-state index in [0.29, 0.717) is 5.65 Å². The fourth-order valence-electron chi connectivity index (χ4n) is 4.24. The summed E-state index contributed by atoms with van der Waals surface area (Å²) >= 11 is 0. The molecule has 5 aromatic heterocycles. The van der Waals surface area contributed by atoms with Crippen molar-refractivity contribution in [1.82, 2.24) is 30.1 Å². The zero-order valence-electron chi connectivity index (χ0n) is 19.2. The zero-order valence-corrected chi connectivity index (χ0v) is 19.2. The molecule has 0 aliphatic rings. The first-order chi connectivity index (χ1) is 17.2. The number of pyridine rings is 3. The molecule has 7 nitrogen and oxygen atoms in total. The third-order valence-corrected chi connectivity index (χ3v) is 6.16. The third-order valence-electron chi connectivity index (χ3n) is 6.16. The Labute approximate surface area is 202 Å². The van der Waals surface area contributed by atoms with Crippen molar-refractivity contribution < 1.29 is 0 Å². The lowest BCUT2D eigenvalue weighted by atomic mass is 10.0. The maximum atomic E-state index is 4.59. The summed E-state index contributed by atoms with van der Waals surface area (Å²) in [5.74, 6) is 0.779. The molecule has 0 fully saturated rings. The largest absolute Gasteiger partial charge is 0.353 e. The highest BCUT2D eigenvalue weighted by Crippen LogP contribution is 2.34. The quantitative estimate of drug-likeness (QED) is 0.263. The van der Waals surface area contributed by atoms with Crippen molar-refractivity contribution in [2.24, 2.45) is 0 Å². The number of H-pyrrole nitrogens is 2. The van der Waals surface area contributed by atoms with Gasteiger partial charge in [-0.1, -0.05) is 25.6 Å². The van der Waals surface area contributed by atoms with Crippen LogP contribution in [-0.4, -0.2) is 30.1 Å². The Kier molecular flexibility index (Phi) is 5.07. The average molecular weight is 458 g/mol. The molecule has 0 saturated heterocycles. The number of rotatable bonds is 6. The summed E-state index contributed by atoms with van der Waals surface area (Å²) in [6.07, 6.45) is 8.15. The fraction of sp³-hybridized carbons (Fsp3) is 0.0714. The first-order valence-electron chi connectivity index (χ1n) is 11.5. The van der Waals surface area contributed by atoms with Crippen LogP contribution in [0.15, 0.2) is 91.7 Å². The number of nitrogens with one attached hydrogen (secondary N) is 3. The highest BCUT2D eigenvalue weighted by atomic mass is 15.2. The van der Waals surface area contributed by atoms with Crippen LogP contribution in [0.3, 0.4) is 0 Å². The molecule has 7 heteroatoms. The van der Waals surface area contributed by atoms with Gasteiger partial charge in [-0.05, 0) is 60.0 Å². The molecule has 5 heterocycles. The molecule has 0 spiro atoms. The van der Waals surface area contributed by atoms with E-state index in [4.69, 9.17) is 0 Å². The molecule has 0 amide bonds. The van der Waals surface area contributed by atoms with Crippen LogP contribution in [0.4, 0.5) is 5.82 Å². The van der Waals surface area contributed by atoms with E-state index in [-0.39, 0.29) is 0 Å². The van der Waals surface area contributed by atoms with Gasteiger partial charge in [0.2, 0.25) is 0 Å². The van der Waals surface area contributed by atoms with Gasteiger partial charge >= 0.3 is 0 Å². The van der Waals surface area contributed by atoms with Gasteiger partial charge in [0.25, 0.3) is 0 Å². The number of fused-ring (bicyclic) bond motifs is 2. The number of benzene rings is 1. The molecule has 0 unspecified atom stereocenters. The molecule has 0 bridgehead atoms. The van der Waals surface area contributed by atoms with Crippen molar-refractivity contribution in [3.63, 3.8) is 0 Å². The zero-order chi connectivity index (χ0) is 23.8. The predicted octanol–water partition coefficient (Wildman–Crippen LogP) is 6.57. The van der Waals surface area contributed by atoms with Crippen LogP contribution in [0.2, 0.25) is 0 Å². The second-order valence-corrected chi connectivity index (χ2v) is 8.39. The Bertz CT molecular complexity index is 1660. The van der Waals surface area contributed by atoms with Gasteiger partial charge in [0, 0.05) is 57.9 Å². The lowest BCUT2D eigenvalue weighted by Gasteiger charge is -2.07. The van der Waals surface area contributed by atoms with Crippen molar-refractivity contribution in [3.8, 4) is 33.6 Å². The summed E-state index contributed by atoms with van der Waals surface area (Å²) in [4.78, 5) is 16.8. The summed E-state index contributed by atoms with van der Waals surface area (Å²) in [6, 6.07) is 18.6. The Morgan fingerprint density at radius 3 is 2.57 bits per heavy atom. The highest BCUT2D eigenvalue weighted by Gasteiger charge is 2.14. The molecule has 170 valence electrons. The Balaban J connectivity index is 1.40. The summed E-state index contributed by atoms with van der Waals surface area (Å²) in [7, 11) is 0. The van der Waals surface area contributed by atoms with Crippen LogP contribution in [0.1, 0.15) is 13.3 Å². The van der Waals surface area contributed by atoms with Crippen LogP contribution in [0.5, 0.6) is 0 Å². The minimum atomic E-state index is 0.669. The van der Waals surface area contributed by atoms with E-state index in [2.05, 4.69) is 79.3 Å². The van der Waals surface area contributed by atoms with Crippen LogP contribution in [0.25, 0.3) is 55.6 Å². The van der Waals surface area contributed by atoms with Gasteiger partial charge in [0.05, 0.1) is 11.4 Å². The predicted molar refractivity (Wildman–Crippen MR) is 141 cm³/mol. The normalized spacial score (nSPS) is 11.2. The van der Waals surface area contributed by atoms with E-state index >= 15 is 0 Å². The van der Waals surface area contributed by atoms with Crippen LogP contribution >= 0.6 is 0 Å². The van der Waals surface area contributed by atoms with Gasteiger partial charge in [0.1, 0.15) is 5.82 Å². The monoisotopic (exact) mass is 457 g/mol. The standard InChI is InChI=1S/C28H23N7/c1-3-17(2)32-26-8-7-19(15-30-26)20-13-23-27(34-35-28(23)31-16-20)25-14-22-21(5-4-6-24(22)33-25)18-9-11-29-12-10-18/h4-16,33H,2-3H2,1H3,(H,30,32)(H,31,34,35). The van der Waals surface area contributed by atoms with Gasteiger partial charge in [-0.25, -0.2) is 9.97 Å². The van der Waals surface area contributed by atoms with E-state index in [1.807, 2.05) is 49.1 Å².